The van der Waals surface area contributed by atoms with Crippen molar-refractivity contribution >= 4 is 5.82 Å². The first-order valence-electron chi connectivity index (χ1n) is 3.97. The minimum absolute atomic E-state index is 0.0556. The standard InChI is InChI=1S/C8H11F2N3O/c9-7(10)6-4(2-11)1-5(3-14)8(12)13-6/h1,7,14H,2-3,11H2,(H2,12,13). The van der Waals surface area contributed by atoms with Gasteiger partial charge in [0.2, 0.25) is 0 Å². The Morgan fingerprint density at radius 1 is 1.43 bits per heavy atom. The summed E-state index contributed by atoms with van der Waals surface area (Å²) in [6.45, 7) is -0.394. The number of nitrogen functional groups attached to an aromatic ring is 1. The highest BCUT2D eigenvalue weighted by molar-refractivity contribution is 5.43. The fourth-order valence-electron chi connectivity index (χ4n) is 1.11. The molecule has 1 aromatic heterocycles. The molecule has 14 heavy (non-hydrogen) atoms. The molecule has 5 N–H and O–H groups in total. The van der Waals surface area contributed by atoms with E-state index in [-0.39, 0.29) is 24.5 Å². The minimum Gasteiger partial charge on any atom is -0.392 e. The van der Waals surface area contributed by atoms with E-state index in [0.29, 0.717) is 5.56 Å². The summed E-state index contributed by atoms with van der Waals surface area (Å²) < 4.78 is 24.8. The third-order valence-corrected chi connectivity index (χ3v) is 1.84. The molecule has 0 aliphatic carbocycles. The van der Waals surface area contributed by atoms with Crippen LogP contribution in [0.5, 0.6) is 0 Å². The monoisotopic (exact) mass is 203 g/mol. The van der Waals surface area contributed by atoms with Crippen LogP contribution in [0.15, 0.2) is 6.07 Å². The lowest BCUT2D eigenvalue weighted by molar-refractivity contribution is 0.145. The Morgan fingerprint density at radius 2 is 2.07 bits per heavy atom. The van der Waals surface area contributed by atoms with Crippen molar-refractivity contribution in [3.8, 4) is 0 Å². The zero-order valence-electron chi connectivity index (χ0n) is 7.37. The molecule has 0 spiro atoms. The summed E-state index contributed by atoms with van der Waals surface area (Å²) >= 11 is 0. The Labute approximate surface area is 79.6 Å². The second kappa shape index (κ2) is 4.30. The molecule has 4 nitrogen and oxygen atoms in total. The molecule has 78 valence electrons. The van der Waals surface area contributed by atoms with E-state index in [4.69, 9.17) is 16.6 Å². The van der Waals surface area contributed by atoms with E-state index in [1.165, 1.54) is 6.07 Å². The van der Waals surface area contributed by atoms with Gasteiger partial charge in [-0.15, -0.1) is 0 Å². The molecule has 0 atom stereocenters. The zero-order chi connectivity index (χ0) is 10.7. The van der Waals surface area contributed by atoms with E-state index < -0.39 is 12.1 Å². The summed E-state index contributed by atoms with van der Waals surface area (Å²) in [5.74, 6) is -0.0833. The number of halogens is 2. The van der Waals surface area contributed by atoms with E-state index in [1.807, 2.05) is 0 Å². The van der Waals surface area contributed by atoms with Crippen molar-refractivity contribution in [3.05, 3.63) is 22.9 Å². The van der Waals surface area contributed by atoms with E-state index in [2.05, 4.69) is 4.98 Å². The number of hydrogen-bond acceptors (Lipinski definition) is 4. The molecule has 0 bridgehead atoms. The van der Waals surface area contributed by atoms with Gasteiger partial charge < -0.3 is 16.6 Å². The largest absolute Gasteiger partial charge is 0.392 e. The zero-order valence-corrected chi connectivity index (χ0v) is 7.37. The summed E-state index contributed by atoms with van der Waals surface area (Å²) in [4.78, 5) is 3.50. The van der Waals surface area contributed by atoms with Crippen LogP contribution in [-0.2, 0) is 13.2 Å². The summed E-state index contributed by atoms with van der Waals surface area (Å²) in [5.41, 5.74) is 10.7. The van der Waals surface area contributed by atoms with Crippen molar-refractivity contribution in [2.24, 2.45) is 5.73 Å². The molecular weight excluding hydrogens is 192 g/mol. The van der Waals surface area contributed by atoms with Crippen molar-refractivity contribution < 1.29 is 13.9 Å². The van der Waals surface area contributed by atoms with Crippen molar-refractivity contribution in [1.29, 1.82) is 0 Å². The average molecular weight is 203 g/mol. The molecule has 0 radical (unpaired) electrons. The first-order chi connectivity index (χ1) is 6.60. The summed E-state index contributed by atoms with van der Waals surface area (Å²) in [6.07, 6.45) is -2.71. The molecule has 0 aliphatic rings. The molecule has 1 heterocycles. The Kier molecular flexibility index (Phi) is 3.32. The molecule has 0 fully saturated rings. The minimum atomic E-state index is -2.71. The Balaban J connectivity index is 3.24. The van der Waals surface area contributed by atoms with Gasteiger partial charge >= 0.3 is 0 Å². The number of aliphatic hydroxyl groups is 1. The highest BCUT2D eigenvalue weighted by Gasteiger charge is 2.16. The van der Waals surface area contributed by atoms with Crippen molar-refractivity contribution in [3.63, 3.8) is 0 Å². The molecule has 0 aromatic carbocycles. The Bertz CT molecular complexity index is 331. The van der Waals surface area contributed by atoms with E-state index in [0.717, 1.165) is 0 Å². The maximum Gasteiger partial charge on any atom is 0.280 e. The van der Waals surface area contributed by atoms with Gasteiger partial charge in [-0.05, 0) is 11.6 Å². The SMILES string of the molecule is NCc1cc(CO)c(N)nc1C(F)F. The number of alkyl halides is 2. The fraction of sp³-hybridized carbons (Fsp3) is 0.375. The number of nitrogens with two attached hydrogens (primary N) is 2. The van der Waals surface area contributed by atoms with Crippen molar-refractivity contribution in [2.75, 3.05) is 5.73 Å². The van der Waals surface area contributed by atoms with Crippen LogP contribution in [0.3, 0.4) is 0 Å². The van der Waals surface area contributed by atoms with Crippen LogP contribution in [0.1, 0.15) is 23.2 Å². The van der Waals surface area contributed by atoms with Gasteiger partial charge in [-0.2, -0.15) is 0 Å². The third-order valence-electron chi connectivity index (χ3n) is 1.84. The van der Waals surface area contributed by atoms with Crippen LogP contribution in [-0.4, -0.2) is 10.1 Å². The van der Waals surface area contributed by atoms with Gasteiger partial charge in [-0.3, -0.25) is 0 Å². The van der Waals surface area contributed by atoms with Crippen LogP contribution in [0.2, 0.25) is 0 Å². The van der Waals surface area contributed by atoms with Crippen molar-refractivity contribution in [1.82, 2.24) is 4.98 Å². The second-order valence-corrected chi connectivity index (χ2v) is 2.74. The number of hydrogen-bond donors (Lipinski definition) is 3. The first kappa shape index (κ1) is 10.8. The number of pyridine rings is 1. The summed E-state index contributed by atoms with van der Waals surface area (Å²) in [5, 5.41) is 8.82. The van der Waals surface area contributed by atoms with Gasteiger partial charge in [-0.25, -0.2) is 13.8 Å². The molecule has 0 unspecified atom stereocenters. The van der Waals surface area contributed by atoms with Gasteiger partial charge in [0.15, 0.2) is 0 Å². The van der Waals surface area contributed by atoms with Gasteiger partial charge in [0.05, 0.1) is 6.61 Å². The van der Waals surface area contributed by atoms with Gasteiger partial charge in [0.1, 0.15) is 11.5 Å². The molecule has 0 saturated carbocycles. The third kappa shape index (κ3) is 1.97. The molecule has 0 amide bonds. The molecule has 1 aromatic rings. The van der Waals surface area contributed by atoms with Gasteiger partial charge in [0, 0.05) is 12.1 Å². The van der Waals surface area contributed by atoms with Crippen LogP contribution in [0.4, 0.5) is 14.6 Å². The van der Waals surface area contributed by atoms with Crippen LogP contribution >= 0.6 is 0 Å². The number of aromatic nitrogens is 1. The van der Waals surface area contributed by atoms with Crippen molar-refractivity contribution in [2.45, 2.75) is 19.6 Å². The number of anilines is 1. The molecule has 1 rings (SSSR count). The molecular formula is C8H11F2N3O. The lowest BCUT2D eigenvalue weighted by atomic mass is 10.1. The molecule has 0 saturated heterocycles. The number of aliphatic hydroxyl groups excluding tert-OH is 1. The highest BCUT2D eigenvalue weighted by atomic mass is 19.3. The van der Waals surface area contributed by atoms with E-state index in [1.54, 1.807) is 0 Å². The number of rotatable bonds is 3. The van der Waals surface area contributed by atoms with E-state index in [9.17, 15) is 8.78 Å². The smallest absolute Gasteiger partial charge is 0.280 e. The fourth-order valence-corrected chi connectivity index (χ4v) is 1.11. The lowest BCUT2D eigenvalue weighted by Gasteiger charge is -2.09. The predicted molar refractivity (Wildman–Crippen MR) is 47.4 cm³/mol. The average Bonchev–Trinajstić information content (AvgIpc) is 2.17. The second-order valence-electron chi connectivity index (χ2n) is 2.74. The Morgan fingerprint density at radius 3 is 2.50 bits per heavy atom. The van der Waals surface area contributed by atoms with Crippen LogP contribution in [0.25, 0.3) is 0 Å². The van der Waals surface area contributed by atoms with Gasteiger partial charge in [-0.1, -0.05) is 0 Å². The van der Waals surface area contributed by atoms with Crippen LogP contribution < -0.4 is 11.5 Å². The maximum atomic E-state index is 12.4. The highest BCUT2D eigenvalue weighted by Crippen LogP contribution is 2.24. The first-order valence-corrected chi connectivity index (χ1v) is 3.97. The predicted octanol–water partition coefficient (Wildman–Crippen LogP) is 0.552. The van der Waals surface area contributed by atoms with E-state index >= 15 is 0 Å². The Hall–Kier alpha value is -1.27. The molecule has 6 heteroatoms. The van der Waals surface area contributed by atoms with Gasteiger partial charge in [0.25, 0.3) is 6.43 Å². The topological polar surface area (TPSA) is 85.2 Å². The lowest BCUT2D eigenvalue weighted by Crippen LogP contribution is -2.09. The summed E-state index contributed by atoms with van der Waals surface area (Å²) in [7, 11) is 0. The summed E-state index contributed by atoms with van der Waals surface area (Å²) in [6, 6.07) is 1.35. The quantitative estimate of drug-likeness (QED) is 0.669. The number of nitrogens with zero attached hydrogens (tertiary/aromatic N) is 1. The molecule has 0 aliphatic heterocycles. The van der Waals surface area contributed by atoms with Crippen LogP contribution in [0, 0.1) is 0 Å². The maximum absolute atomic E-state index is 12.4. The normalized spacial score (nSPS) is 10.9.